The second-order valence-corrected chi connectivity index (χ2v) is 4.65. The van der Waals surface area contributed by atoms with Gasteiger partial charge in [0.1, 0.15) is 5.82 Å². The number of halogens is 2. The molecule has 2 unspecified atom stereocenters. The SMILES string of the molecule is CCC(C)C(NN)c1cc(F)cc(Br)c1. The molecule has 2 atom stereocenters. The maximum Gasteiger partial charge on any atom is 0.124 e. The van der Waals surface area contributed by atoms with Gasteiger partial charge in [0.2, 0.25) is 0 Å². The fraction of sp³-hybridized carbons (Fsp3) is 0.455. The van der Waals surface area contributed by atoms with Crippen LogP contribution < -0.4 is 11.3 Å². The van der Waals surface area contributed by atoms with Gasteiger partial charge in [0, 0.05) is 10.5 Å². The first-order valence-corrected chi connectivity index (χ1v) is 5.80. The van der Waals surface area contributed by atoms with Crippen molar-refractivity contribution in [1.82, 2.24) is 5.43 Å². The normalized spacial score (nSPS) is 15.0. The second-order valence-electron chi connectivity index (χ2n) is 3.73. The number of hydrazine groups is 1. The quantitative estimate of drug-likeness (QED) is 0.654. The Kier molecular flexibility index (Phi) is 4.70. The molecule has 0 aromatic heterocycles. The van der Waals surface area contributed by atoms with E-state index in [1.54, 1.807) is 0 Å². The summed E-state index contributed by atoms with van der Waals surface area (Å²) in [7, 11) is 0. The molecule has 4 heteroatoms. The Balaban J connectivity index is 3.01. The monoisotopic (exact) mass is 274 g/mol. The molecule has 0 saturated heterocycles. The first-order chi connectivity index (χ1) is 7.08. The highest BCUT2D eigenvalue weighted by Gasteiger charge is 2.17. The summed E-state index contributed by atoms with van der Waals surface area (Å²) in [6, 6.07) is 4.83. The molecule has 1 rings (SSSR count). The Bertz CT molecular complexity index is 310. The summed E-state index contributed by atoms with van der Waals surface area (Å²) in [5, 5.41) is 0. The molecule has 0 aliphatic heterocycles. The van der Waals surface area contributed by atoms with E-state index >= 15 is 0 Å². The second kappa shape index (κ2) is 5.58. The van der Waals surface area contributed by atoms with Crippen LogP contribution in [0.2, 0.25) is 0 Å². The molecule has 0 fully saturated rings. The molecule has 0 radical (unpaired) electrons. The fourth-order valence-corrected chi connectivity index (χ4v) is 2.06. The number of nitrogens with one attached hydrogen (secondary N) is 1. The number of benzene rings is 1. The third kappa shape index (κ3) is 3.26. The van der Waals surface area contributed by atoms with E-state index in [-0.39, 0.29) is 11.9 Å². The lowest BCUT2D eigenvalue weighted by Crippen LogP contribution is -2.32. The Labute approximate surface area is 98.1 Å². The molecule has 0 amide bonds. The summed E-state index contributed by atoms with van der Waals surface area (Å²) in [5.41, 5.74) is 3.61. The molecule has 0 saturated carbocycles. The molecule has 0 aliphatic carbocycles. The van der Waals surface area contributed by atoms with Crippen molar-refractivity contribution in [1.29, 1.82) is 0 Å². The zero-order valence-electron chi connectivity index (χ0n) is 8.93. The molecule has 1 aromatic carbocycles. The maximum atomic E-state index is 13.2. The standard InChI is InChI=1S/C11H16BrFN2/c1-3-7(2)11(15-14)8-4-9(12)6-10(13)5-8/h4-7,11,15H,3,14H2,1-2H3. The lowest BCUT2D eigenvalue weighted by Gasteiger charge is -2.22. The van der Waals surface area contributed by atoms with Gasteiger partial charge in [-0.2, -0.15) is 0 Å². The van der Waals surface area contributed by atoms with E-state index in [4.69, 9.17) is 5.84 Å². The predicted octanol–water partition coefficient (Wildman–Crippen LogP) is 3.14. The first-order valence-electron chi connectivity index (χ1n) is 5.00. The Hall–Kier alpha value is -0.450. The highest BCUT2D eigenvalue weighted by molar-refractivity contribution is 9.10. The minimum Gasteiger partial charge on any atom is -0.271 e. The largest absolute Gasteiger partial charge is 0.271 e. The van der Waals surface area contributed by atoms with Gasteiger partial charge in [-0.3, -0.25) is 11.3 Å². The third-order valence-corrected chi connectivity index (χ3v) is 3.09. The molecule has 0 spiro atoms. The van der Waals surface area contributed by atoms with Gasteiger partial charge in [0.25, 0.3) is 0 Å². The van der Waals surface area contributed by atoms with Crippen LogP contribution in [0.4, 0.5) is 4.39 Å². The van der Waals surface area contributed by atoms with Crippen LogP contribution in [0.3, 0.4) is 0 Å². The highest BCUT2D eigenvalue weighted by Crippen LogP contribution is 2.26. The van der Waals surface area contributed by atoms with Crippen LogP contribution in [-0.2, 0) is 0 Å². The smallest absolute Gasteiger partial charge is 0.124 e. The zero-order valence-corrected chi connectivity index (χ0v) is 10.5. The zero-order chi connectivity index (χ0) is 11.4. The lowest BCUT2D eigenvalue weighted by atomic mass is 9.93. The van der Waals surface area contributed by atoms with Gasteiger partial charge < -0.3 is 0 Å². The van der Waals surface area contributed by atoms with Crippen molar-refractivity contribution < 1.29 is 4.39 Å². The number of hydrogen-bond acceptors (Lipinski definition) is 2. The highest BCUT2D eigenvalue weighted by atomic mass is 79.9. The molecule has 0 aliphatic rings. The minimum absolute atomic E-state index is 0.0120. The van der Waals surface area contributed by atoms with Gasteiger partial charge in [-0.05, 0) is 29.7 Å². The maximum absolute atomic E-state index is 13.2. The summed E-state index contributed by atoms with van der Waals surface area (Å²) in [6.07, 6.45) is 0.989. The number of hydrogen-bond donors (Lipinski definition) is 2. The average Bonchev–Trinajstić information content (AvgIpc) is 2.17. The third-order valence-electron chi connectivity index (χ3n) is 2.64. The van der Waals surface area contributed by atoms with Crippen LogP contribution in [0, 0.1) is 11.7 Å². The van der Waals surface area contributed by atoms with E-state index < -0.39 is 0 Å². The molecular weight excluding hydrogens is 259 g/mol. The molecule has 1 aromatic rings. The molecule has 0 heterocycles. The minimum atomic E-state index is -0.247. The van der Waals surface area contributed by atoms with Gasteiger partial charge in [-0.25, -0.2) is 4.39 Å². The van der Waals surface area contributed by atoms with Crippen LogP contribution in [0.25, 0.3) is 0 Å². The molecule has 0 bridgehead atoms. The predicted molar refractivity (Wildman–Crippen MR) is 63.6 cm³/mol. The van der Waals surface area contributed by atoms with E-state index in [0.29, 0.717) is 5.92 Å². The van der Waals surface area contributed by atoms with E-state index in [0.717, 1.165) is 16.5 Å². The summed E-state index contributed by atoms with van der Waals surface area (Å²) in [6.45, 7) is 4.17. The van der Waals surface area contributed by atoms with Crippen LogP contribution in [0.5, 0.6) is 0 Å². The van der Waals surface area contributed by atoms with Crippen molar-refractivity contribution >= 4 is 15.9 Å². The summed E-state index contributed by atoms with van der Waals surface area (Å²) >= 11 is 3.27. The molecule has 3 N–H and O–H groups in total. The van der Waals surface area contributed by atoms with E-state index in [1.807, 2.05) is 6.07 Å². The Morgan fingerprint density at radius 2 is 2.13 bits per heavy atom. The Morgan fingerprint density at radius 1 is 1.47 bits per heavy atom. The van der Waals surface area contributed by atoms with E-state index in [1.165, 1.54) is 12.1 Å². The first kappa shape index (κ1) is 12.6. The topological polar surface area (TPSA) is 38.0 Å². The number of nitrogens with two attached hydrogens (primary N) is 1. The van der Waals surface area contributed by atoms with E-state index in [9.17, 15) is 4.39 Å². The van der Waals surface area contributed by atoms with Crippen LogP contribution >= 0.6 is 15.9 Å². The summed E-state index contributed by atoms with van der Waals surface area (Å²) < 4.78 is 13.9. The molecular formula is C11H16BrFN2. The van der Waals surface area contributed by atoms with Crippen molar-refractivity contribution in [2.24, 2.45) is 11.8 Å². The molecule has 15 heavy (non-hydrogen) atoms. The van der Waals surface area contributed by atoms with Gasteiger partial charge in [0.05, 0.1) is 0 Å². The van der Waals surface area contributed by atoms with Crippen LogP contribution in [-0.4, -0.2) is 0 Å². The van der Waals surface area contributed by atoms with Gasteiger partial charge in [0.15, 0.2) is 0 Å². The Morgan fingerprint density at radius 3 is 2.60 bits per heavy atom. The summed E-state index contributed by atoms with van der Waals surface area (Å²) in [4.78, 5) is 0. The van der Waals surface area contributed by atoms with Crippen molar-refractivity contribution in [3.05, 3.63) is 34.1 Å². The number of rotatable bonds is 4. The molecule has 2 nitrogen and oxygen atoms in total. The van der Waals surface area contributed by atoms with Gasteiger partial charge in [-0.1, -0.05) is 36.2 Å². The van der Waals surface area contributed by atoms with Crippen molar-refractivity contribution in [2.45, 2.75) is 26.3 Å². The molecule has 84 valence electrons. The van der Waals surface area contributed by atoms with Gasteiger partial charge in [-0.15, -0.1) is 0 Å². The average molecular weight is 275 g/mol. The van der Waals surface area contributed by atoms with E-state index in [2.05, 4.69) is 35.2 Å². The van der Waals surface area contributed by atoms with Crippen LogP contribution in [0.1, 0.15) is 31.9 Å². The lowest BCUT2D eigenvalue weighted by molar-refractivity contribution is 0.381. The van der Waals surface area contributed by atoms with Crippen molar-refractivity contribution in [2.75, 3.05) is 0 Å². The summed E-state index contributed by atoms with van der Waals surface area (Å²) in [5.74, 6) is 5.61. The van der Waals surface area contributed by atoms with Crippen molar-refractivity contribution in [3.8, 4) is 0 Å². The fourth-order valence-electron chi connectivity index (χ4n) is 1.58. The van der Waals surface area contributed by atoms with Crippen molar-refractivity contribution in [3.63, 3.8) is 0 Å². The van der Waals surface area contributed by atoms with Crippen LogP contribution in [0.15, 0.2) is 22.7 Å². The van der Waals surface area contributed by atoms with Gasteiger partial charge >= 0.3 is 0 Å².